The van der Waals surface area contributed by atoms with Gasteiger partial charge in [0.2, 0.25) is 0 Å². The van der Waals surface area contributed by atoms with Gasteiger partial charge in [-0.2, -0.15) is 0 Å². The van der Waals surface area contributed by atoms with Crippen molar-refractivity contribution in [2.45, 2.75) is 57.0 Å². The Morgan fingerprint density at radius 3 is 2.56 bits per heavy atom. The zero-order chi connectivity index (χ0) is 11.6. The first kappa shape index (κ1) is 12.0. The van der Waals surface area contributed by atoms with Gasteiger partial charge in [0, 0.05) is 25.2 Å². The minimum atomic E-state index is -0.0907. The first-order valence-corrected chi connectivity index (χ1v) is 6.56. The van der Waals surface area contributed by atoms with Crippen LogP contribution in [0.4, 0.5) is 0 Å². The normalized spacial score (nSPS) is 26.6. The van der Waals surface area contributed by atoms with Gasteiger partial charge in [-0.15, -0.1) is 6.42 Å². The van der Waals surface area contributed by atoms with Gasteiger partial charge in [0.15, 0.2) is 0 Å². The molecule has 1 N–H and O–H groups in total. The maximum absolute atomic E-state index is 5.64. The van der Waals surface area contributed by atoms with Gasteiger partial charge in [-0.3, -0.25) is 4.90 Å². The number of hydrogen-bond donors (Lipinski definition) is 1. The Bertz CT molecular complexity index is 276. The van der Waals surface area contributed by atoms with Gasteiger partial charge >= 0.3 is 0 Å². The molecular formula is C14H24N2. The van der Waals surface area contributed by atoms with Gasteiger partial charge in [0.1, 0.15) is 0 Å². The van der Waals surface area contributed by atoms with Crippen LogP contribution >= 0.6 is 0 Å². The van der Waals surface area contributed by atoms with Crippen molar-refractivity contribution in [1.29, 1.82) is 0 Å². The molecule has 0 amide bonds. The summed E-state index contributed by atoms with van der Waals surface area (Å²) in [5.41, 5.74) is 0.275. The fraction of sp³-hybridized carbons (Fsp3) is 0.857. The highest BCUT2D eigenvalue weighted by atomic mass is 15.3. The molecule has 2 rings (SSSR count). The lowest BCUT2D eigenvalue weighted by atomic mass is 9.79. The van der Waals surface area contributed by atoms with E-state index in [2.05, 4.69) is 30.0 Å². The smallest absolute Gasteiger partial charge is 0.0767 e. The number of rotatable bonds is 1. The van der Waals surface area contributed by atoms with E-state index in [0.717, 1.165) is 19.6 Å². The minimum absolute atomic E-state index is 0.0907. The molecule has 0 aromatic rings. The second-order valence-electron chi connectivity index (χ2n) is 5.89. The van der Waals surface area contributed by atoms with Crippen LogP contribution in [0.3, 0.4) is 0 Å². The van der Waals surface area contributed by atoms with E-state index in [1.54, 1.807) is 0 Å². The van der Waals surface area contributed by atoms with Gasteiger partial charge < -0.3 is 5.32 Å². The molecule has 1 saturated heterocycles. The third-order valence-electron chi connectivity index (χ3n) is 4.33. The molecule has 1 aliphatic carbocycles. The van der Waals surface area contributed by atoms with Gasteiger partial charge in [0.25, 0.3) is 0 Å². The summed E-state index contributed by atoms with van der Waals surface area (Å²) in [5.74, 6) is 2.93. The van der Waals surface area contributed by atoms with Gasteiger partial charge in [-0.05, 0) is 26.7 Å². The van der Waals surface area contributed by atoms with Crippen LogP contribution in [0.15, 0.2) is 0 Å². The second-order valence-corrected chi connectivity index (χ2v) is 5.89. The van der Waals surface area contributed by atoms with Gasteiger partial charge in [-0.1, -0.05) is 25.2 Å². The van der Waals surface area contributed by atoms with Crippen LogP contribution in [0.5, 0.6) is 0 Å². The summed E-state index contributed by atoms with van der Waals surface area (Å²) in [6.07, 6.45) is 12.4. The summed E-state index contributed by atoms with van der Waals surface area (Å²) < 4.78 is 0. The quantitative estimate of drug-likeness (QED) is 0.680. The van der Waals surface area contributed by atoms with E-state index in [1.807, 2.05) is 0 Å². The summed E-state index contributed by atoms with van der Waals surface area (Å²) >= 11 is 0. The van der Waals surface area contributed by atoms with E-state index in [4.69, 9.17) is 6.42 Å². The number of nitrogens with zero attached hydrogens (tertiary/aromatic N) is 1. The first-order valence-electron chi connectivity index (χ1n) is 6.56. The number of piperazine rings is 1. The Kier molecular flexibility index (Phi) is 3.28. The van der Waals surface area contributed by atoms with E-state index in [0.29, 0.717) is 5.54 Å². The van der Waals surface area contributed by atoms with Crippen LogP contribution in [-0.2, 0) is 0 Å². The Labute approximate surface area is 99.8 Å². The van der Waals surface area contributed by atoms with Crippen molar-refractivity contribution in [2.75, 3.05) is 19.6 Å². The standard InChI is InChI=1S/C14H24N2/c1-4-13(2,3)16-11-10-15-14(12-16)8-6-5-7-9-14/h1,15H,5-12H2,2-3H3. The van der Waals surface area contributed by atoms with E-state index in [-0.39, 0.29) is 5.54 Å². The van der Waals surface area contributed by atoms with Crippen LogP contribution in [0.25, 0.3) is 0 Å². The molecule has 0 unspecified atom stereocenters. The lowest BCUT2D eigenvalue weighted by Crippen LogP contribution is -2.64. The van der Waals surface area contributed by atoms with E-state index in [9.17, 15) is 0 Å². The predicted molar refractivity (Wildman–Crippen MR) is 68.3 cm³/mol. The molecule has 16 heavy (non-hydrogen) atoms. The highest BCUT2D eigenvalue weighted by molar-refractivity contribution is 5.11. The largest absolute Gasteiger partial charge is 0.309 e. The van der Waals surface area contributed by atoms with Crippen molar-refractivity contribution in [1.82, 2.24) is 10.2 Å². The molecule has 0 aromatic carbocycles. The Hall–Kier alpha value is -0.520. The Balaban J connectivity index is 2.06. The monoisotopic (exact) mass is 220 g/mol. The molecule has 2 fully saturated rings. The molecule has 2 aliphatic rings. The van der Waals surface area contributed by atoms with Crippen molar-refractivity contribution in [3.05, 3.63) is 0 Å². The maximum Gasteiger partial charge on any atom is 0.0767 e. The second kappa shape index (κ2) is 4.39. The average Bonchev–Trinajstić information content (AvgIpc) is 2.30. The summed E-state index contributed by atoms with van der Waals surface area (Å²) in [7, 11) is 0. The summed E-state index contributed by atoms with van der Waals surface area (Å²) in [5, 5.41) is 3.75. The first-order chi connectivity index (χ1) is 7.58. The van der Waals surface area contributed by atoms with Crippen LogP contribution in [0.1, 0.15) is 46.0 Å². The molecule has 1 heterocycles. The minimum Gasteiger partial charge on any atom is -0.309 e. The summed E-state index contributed by atoms with van der Waals surface area (Å²) in [4.78, 5) is 2.48. The highest BCUT2D eigenvalue weighted by Crippen LogP contribution is 2.32. The van der Waals surface area contributed by atoms with E-state index in [1.165, 1.54) is 32.1 Å². The fourth-order valence-electron chi connectivity index (χ4n) is 3.09. The van der Waals surface area contributed by atoms with Gasteiger partial charge in [-0.25, -0.2) is 0 Å². The summed E-state index contributed by atoms with van der Waals surface area (Å²) in [6, 6.07) is 0. The SMILES string of the molecule is C#CC(C)(C)N1CCNC2(CCCCC2)C1. The Morgan fingerprint density at radius 2 is 1.94 bits per heavy atom. The zero-order valence-electron chi connectivity index (χ0n) is 10.7. The number of terminal acetylenes is 1. The maximum atomic E-state index is 5.64. The molecule has 1 spiro atoms. The molecule has 0 radical (unpaired) electrons. The molecule has 0 bridgehead atoms. The molecule has 0 atom stereocenters. The predicted octanol–water partition coefficient (Wildman–Crippen LogP) is 2.01. The number of nitrogens with one attached hydrogen (secondary N) is 1. The zero-order valence-corrected chi connectivity index (χ0v) is 10.7. The van der Waals surface area contributed by atoms with Crippen molar-refractivity contribution in [3.8, 4) is 12.3 Å². The number of hydrogen-bond acceptors (Lipinski definition) is 2. The molecule has 90 valence electrons. The van der Waals surface area contributed by atoms with E-state index < -0.39 is 0 Å². The summed E-state index contributed by atoms with van der Waals surface area (Å²) in [6.45, 7) is 7.62. The molecular weight excluding hydrogens is 196 g/mol. The van der Waals surface area contributed by atoms with Crippen LogP contribution in [0.2, 0.25) is 0 Å². The van der Waals surface area contributed by atoms with Crippen LogP contribution in [0, 0.1) is 12.3 Å². The molecule has 2 heteroatoms. The molecule has 1 aliphatic heterocycles. The molecule has 1 saturated carbocycles. The fourth-order valence-corrected chi connectivity index (χ4v) is 3.09. The molecule has 0 aromatic heterocycles. The van der Waals surface area contributed by atoms with Crippen molar-refractivity contribution < 1.29 is 0 Å². The van der Waals surface area contributed by atoms with Gasteiger partial charge in [0.05, 0.1) is 5.54 Å². The molecule has 2 nitrogen and oxygen atoms in total. The van der Waals surface area contributed by atoms with Crippen molar-refractivity contribution in [3.63, 3.8) is 0 Å². The lowest BCUT2D eigenvalue weighted by Gasteiger charge is -2.49. The van der Waals surface area contributed by atoms with E-state index >= 15 is 0 Å². The van der Waals surface area contributed by atoms with Crippen LogP contribution < -0.4 is 5.32 Å². The van der Waals surface area contributed by atoms with Crippen molar-refractivity contribution >= 4 is 0 Å². The van der Waals surface area contributed by atoms with Crippen molar-refractivity contribution in [2.24, 2.45) is 0 Å². The third kappa shape index (κ3) is 2.26. The van der Waals surface area contributed by atoms with Crippen LogP contribution in [-0.4, -0.2) is 35.6 Å². The third-order valence-corrected chi connectivity index (χ3v) is 4.33. The Morgan fingerprint density at radius 1 is 1.25 bits per heavy atom. The average molecular weight is 220 g/mol. The lowest BCUT2D eigenvalue weighted by molar-refractivity contribution is 0.0546. The highest BCUT2D eigenvalue weighted by Gasteiger charge is 2.39. The topological polar surface area (TPSA) is 15.3 Å².